The van der Waals surface area contributed by atoms with E-state index in [1.807, 2.05) is 54.6 Å². The van der Waals surface area contributed by atoms with Crippen LogP contribution >= 0.6 is 0 Å². The number of carbonyl (C=O) groups is 1. The third-order valence-corrected chi connectivity index (χ3v) is 3.52. The van der Waals surface area contributed by atoms with Crippen LogP contribution in [0.1, 0.15) is 11.1 Å². The maximum Gasteiger partial charge on any atom is 0.277 e. The quantitative estimate of drug-likeness (QED) is 0.816. The van der Waals surface area contributed by atoms with Crippen molar-refractivity contribution in [1.29, 1.82) is 0 Å². The van der Waals surface area contributed by atoms with Gasteiger partial charge in [-0.15, -0.1) is 0 Å². The summed E-state index contributed by atoms with van der Waals surface area (Å²) in [7, 11) is 3.36. The summed E-state index contributed by atoms with van der Waals surface area (Å²) in [5.41, 5.74) is 2.28. The van der Waals surface area contributed by atoms with Crippen molar-refractivity contribution in [2.45, 2.75) is 0 Å². The molecule has 0 fully saturated rings. The largest absolute Gasteiger partial charge is 0.497 e. The first-order valence-corrected chi connectivity index (χ1v) is 6.97. The zero-order valence-electron chi connectivity index (χ0n) is 12.5. The molecule has 3 rings (SSSR count). The second-order valence-corrected chi connectivity index (χ2v) is 4.97. The van der Waals surface area contributed by atoms with Crippen molar-refractivity contribution in [3.05, 3.63) is 71.4 Å². The van der Waals surface area contributed by atoms with Gasteiger partial charge in [0.05, 0.1) is 7.11 Å². The lowest BCUT2D eigenvalue weighted by molar-refractivity contribution is -0.121. The van der Waals surface area contributed by atoms with Gasteiger partial charge < -0.3 is 4.74 Å². The van der Waals surface area contributed by atoms with E-state index in [-0.39, 0.29) is 5.91 Å². The van der Waals surface area contributed by atoms with Crippen LogP contribution in [0.25, 0.3) is 6.08 Å². The molecule has 1 aliphatic rings. The second-order valence-electron chi connectivity index (χ2n) is 4.97. The predicted octanol–water partition coefficient (Wildman–Crippen LogP) is 2.95. The minimum Gasteiger partial charge on any atom is -0.497 e. The number of carbonyl (C=O) groups excluding carboxylic acids is 1. The lowest BCUT2D eigenvalue weighted by Crippen LogP contribution is -2.28. The highest BCUT2D eigenvalue weighted by Gasteiger charge is 2.27. The van der Waals surface area contributed by atoms with Gasteiger partial charge in [0.15, 0.2) is 0 Å². The lowest BCUT2D eigenvalue weighted by Gasteiger charge is -2.11. The summed E-state index contributed by atoms with van der Waals surface area (Å²) in [4.78, 5) is 18.4. The van der Waals surface area contributed by atoms with Crippen molar-refractivity contribution in [3.8, 4) is 5.75 Å². The van der Waals surface area contributed by atoms with Crippen molar-refractivity contribution in [2.24, 2.45) is 4.99 Å². The summed E-state index contributed by atoms with van der Waals surface area (Å²) >= 11 is 0. The molecule has 1 amide bonds. The van der Waals surface area contributed by atoms with Crippen LogP contribution in [0, 0.1) is 0 Å². The topological polar surface area (TPSA) is 41.9 Å². The third kappa shape index (κ3) is 2.63. The molecule has 0 N–H and O–H groups in total. The first kappa shape index (κ1) is 14.1. The summed E-state index contributed by atoms with van der Waals surface area (Å²) in [5, 5.41) is 0. The molecular weight excluding hydrogens is 276 g/mol. The monoisotopic (exact) mass is 292 g/mol. The average Bonchev–Trinajstić information content (AvgIpc) is 2.85. The number of aliphatic imine (C=N–C) groups is 1. The van der Waals surface area contributed by atoms with Crippen LogP contribution in [-0.2, 0) is 4.79 Å². The van der Waals surface area contributed by atoms with Crippen molar-refractivity contribution in [3.63, 3.8) is 0 Å². The van der Waals surface area contributed by atoms with E-state index in [0.717, 1.165) is 16.9 Å². The highest BCUT2D eigenvalue weighted by atomic mass is 16.5. The molecule has 0 radical (unpaired) electrons. The van der Waals surface area contributed by atoms with Gasteiger partial charge in [0.1, 0.15) is 17.3 Å². The van der Waals surface area contributed by atoms with E-state index in [1.54, 1.807) is 25.1 Å². The maximum atomic E-state index is 12.3. The Labute approximate surface area is 129 Å². The molecule has 110 valence electrons. The molecule has 0 aromatic heterocycles. The number of methoxy groups -OCH3 is 1. The number of likely N-dealkylation sites (N-methyl/N-ethyl adjacent to an activating group) is 1. The smallest absolute Gasteiger partial charge is 0.277 e. The van der Waals surface area contributed by atoms with E-state index in [1.165, 1.54) is 0 Å². The number of benzene rings is 2. The molecule has 1 heterocycles. The minimum atomic E-state index is -0.102. The molecule has 0 saturated heterocycles. The molecule has 4 nitrogen and oxygen atoms in total. The summed E-state index contributed by atoms with van der Waals surface area (Å²) in [6, 6.07) is 17.2. The Balaban J connectivity index is 1.94. The Morgan fingerprint density at radius 1 is 1.05 bits per heavy atom. The average molecular weight is 292 g/mol. The van der Waals surface area contributed by atoms with E-state index in [4.69, 9.17) is 4.74 Å². The molecule has 22 heavy (non-hydrogen) atoms. The third-order valence-electron chi connectivity index (χ3n) is 3.52. The number of hydrogen-bond donors (Lipinski definition) is 0. The Morgan fingerprint density at radius 3 is 2.36 bits per heavy atom. The Bertz CT molecular complexity index is 746. The Morgan fingerprint density at radius 2 is 1.73 bits per heavy atom. The van der Waals surface area contributed by atoms with E-state index >= 15 is 0 Å². The van der Waals surface area contributed by atoms with Gasteiger partial charge in [0, 0.05) is 12.6 Å². The fraction of sp³-hybridized carbons (Fsp3) is 0.111. The van der Waals surface area contributed by atoms with Crippen molar-refractivity contribution in [2.75, 3.05) is 14.2 Å². The number of ether oxygens (including phenoxy) is 1. The molecule has 1 aliphatic heterocycles. The van der Waals surface area contributed by atoms with Gasteiger partial charge in [0.2, 0.25) is 0 Å². The first-order valence-electron chi connectivity index (χ1n) is 6.97. The normalized spacial score (nSPS) is 16.1. The molecule has 0 unspecified atom stereocenters. The van der Waals surface area contributed by atoms with Crippen LogP contribution < -0.4 is 4.74 Å². The Kier molecular flexibility index (Phi) is 3.74. The highest BCUT2D eigenvalue weighted by molar-refractivity contribution is 6.19. The molecule has 0 atom stereocenters. The standard InChI is InChI=1S/C18H16N2O2/c1-20-17(14-6-4-3-5-7-14)19-16(18(20)21)12-13-8-10-15(22-2)11-9-13/h3-12H,1-2H3/b16-12+. The van der Waals surface area contributed by atoms with Crippen LogP contribution in [0.15, 0.2) is 65.3 Å². The summed E-state index contributed by atoms with van der Waals surface area (Å²) in [6.45, 7) is 0. The van der Waals surface area contributed by atoms with Gasteiger partial charge in [-0.25, -0.2) is 4.99 Å². The molecule has 0 saturated carbocycles. The first-order chi connectivity index (χ1) is 10.7. The van der Waals surface area contributed by atoms with E-state index in [2.05, 4.69) is 4.99 Å². The van der Waals surface area contributed by atoms with E-state index in [0.29, 0.717) is 11.5 Å². The highest BCUT2D eigenvalue weighted by Crippen LogP contribution is 2.21. The summed E-state index contributed by atoms with van der Waals surface area (Å²) in [6.07, 6.45) is 1.79. The van der Waals surface area contributed by atoms with Gasteiger partial charge in [-0.2, -0.15) is 0 Å². The van der Waals surface area contributed by atoms with Crippen molar-refractivity contribution < 1.29 is 9.53 Å². The van der Waals surface area contributed by atoms with Gasteiger partial charge in [-0.3, -0.25) is 9.69 Å². The number of nitrogens with zero attached hydrogens (tertiary/aromatic N) is 2. The van der Waals surface area contributed by atoms with E-state index in [9.17, 15) is 4.79 Å². The second kappa shape index (κ2) is 5.85. The zero-order valence-corrected chi connectivity index (χ0v) is 12.5. The fourth-order valence-electron chi connectivity index (χ4n) is 2.30. The molecular formula is C18H16N2O2. The predicted molar refractivity (Wildman–Crippen MR) is 86.7 cm³/mol. The lowest BCUT2D eigenvalue weighted by atomic mass is 10.2. The minimum absolute atomic E-state index is 0.102. The molecule has 4 heteroatoms. The summed E-state index contributed by atoms with van der Waals surface area (Å²) < 4.78 is 5.13. The van der Waals surface area contributed by atoms with E-state index < -0.39 is 0 Å². The van der Waals surface area contributed by atoms with Gasteiger partial charge >= 0.3 is 0 Å². The van der Waals surface area contributed by atoms with Crippen LogP contribution in [0.4, 0.5) is 0 Å². The van der Waals surface area contributed by atoms with Crippen molar-refractivity contribution in [1.82, 2.24) is 4.90 Å². The van der Waals surface area contributed by atoms with Crippen LogP contribution in [0.3, 0.4) is 0 Å². The SMILES string of the molecule is COc1ccc(/C=C2/N=C(c3ccccc3)N(C)C2=O)cc1. The van der Waals surface area contributed by atoms with Crippen LogP contribution in [0.5, 0.6) is 5.75 Å². The maximum absolute atomic E-state index is 12.3. The fourth-order valence-corrected chi connectivity index (χ4v) is 2.30. The molecule has 0 spiro atoms. The molecule has 0 bridgehead atoms. The molecule has 2 aromatic carbocycles. The number of amides is 1. The van der Waals surface area contributed by atoms with Gasteiger partial charge in [-0.1, -0.05) is 42.5 Å². The number of rotatable bonds is 3. The summed E-state index contributed by atoms with van der Waals surface area (Å²) in [5.74, 6) is 1.35. The molecule has 0 aliphatic carbocycles. The van der Waals surface area contributed by atoms with Gasteiger partial charge in [0.25, 0.3) is 5.91 Å². The Hall–Kier alpha value is -2.88. The van der Waals surface area contributed by atoms with Crippen LogP contribution in [0.2, 0.25) is 0 Å². The zero-order chi connectivity index (χ0) is 15.5. The molecule has 2 aromatic rings. The van der Waals surface area contributed by atoms with Crippen molar-refractivity contribution >= 4 is 17.8 Å². The number of amidine groups is 1. The van der Waals surface area contributed by atoms with Gasteiger partial charge in [-0.05, 0) is 23.8 Å². The number of hydrogen-bond acceptors (Lipinski definition) is 3. The van der Waals surface area contributed by atoms with Crippen LogP contribution in [-0.4, -0.2) is 30.8 Å².